The highest BCUT2D eigenvalue weighted by Crippen LogP contribution is 2.26. The fourth-order valence-corrected chi connectivity index (χ4v) is 5.78. The summed E-state index contributed by atoms with van der Waals surface area (Å²) in [7, 11) is 0. The lowest BCUT2D eigenvalue weighted by atomic mass is 10.1. The number of para-hydroxylation sites is 1. The molecule has 168 valence electrons. The lowest BCUT2D eigenvalue weighted by molar-refractivity contribution is -0.129. The predicted molar refractivity (Wildman–Crippen MR) is 133 cm³/mol. The number of hydrogen-bond donors (Lipinski definition) is 0. The van der Waals surface area contributed by atoms with Crippen LogP contribution in [0.25, 0.3) is 16.6 Å². The quantitative estimate of drug-likeness (QED) is 0.302. The molecule has 0 atom stereocenters. The van der Waals surface area contributed by atoms with Crippen LogP contribution in [0.15, 0.2) is 69.9 Å². The first-order valence-corrected chi connectivity index (χ1v) is 12.7. The van der Waals surface area contributed by atoms with E-state index in [1.54, 1.807) is 22.0 Å². The lowest BCUT2D eigenvalue weighted by Gasteiger charge is -2.27. The van der Waals surface area contributed by atoms with Crippen molar-refractivity contribution in [3.05, 3.63) is 80.8 Å². The molecular weight excluding hydrogens is 454 g/mol. The van der Waals surface area contributed by atoms with Crippen LogP contribution in [0.3, 0.4) is 0 Å². The molecule has 0 spiro atoms. The highest BCUT2D eigenvalue weighted by Gasteiger charge is 2.22. The van der Waals surface area contributed by atoms with Crippen LogP contribution in [-0.4, -0.2) is 39.3 Å². The molecule has 2 aromatic heterocycles. The SMILES string of the molecule is CCOc1ccc(-n2c(SCC(=O)N3CCc4sccc4C3)nc3ccccc3c2=O)cc1. The zero-order valence-corrected chi connectivity index (χ0v) is 19.8. The van der Waals surface area contributed by atoms with E-state index in [-0.39, 0.29) is 17.2 Å². The first kappa shape index (κ1) is 21.7. The number of fused-ring (bicyclic) bond motifs is 2. The maximum atomic E-state index is 13.4. The lowest BCUT2D eigenvalue weighted by Crippen LogP contribution is -2.36. The molecule has 3 heterocycles. The molecule has 0 bridgehead atoms. The normalized spacial score (nSPS) is 13.2. The van der Waals surface area contributed by atoms with Crippen molar-refractivity contribution in [3.8, 4) is 11.4 Å². The fraction of sp³-hybridized carbons (Fsp3) is 0.240. The van der Waals surface area contributed by atoms with Crippen LogP contribution in [0, 0.1) is 0 Å². The summed E-state index contributed by atoms with van der Waals surface area (Å²) in [5.74, 6) is 1.02. The van der Waals surface area contributed by atoms with Crippen LogP contribution in [-0.2, 0) is 17.8 Å². The summed E-state index contributed by atoms with van der Waals surface area (Å²) >= 11 is 3.06. The van der Waals surface area contributed by atoms with Gasteiger partial charge in [0.1, 0.15) is 5.75 Å². The van der Waals surface area contributed by atoms with Gasteiger partial charge in [0.05, 0.1) is 29.0 Å². The van der Waals surface area contributed by atoms with Crippen LogP contribution < -0.4 is 10.3 Å². The molecule has 8 heteroatoms. The van der Waals surface area contributed by atoms with E-state index in [0.717, 1.165) is 18.7 Å². The minimum Gasteiger partial charge on any atom is -0.494 e. The zero-order valence-electron chi connectivity index (χ0n) is 18.2. The summed E-state index contributed by atoms with van der Waals surface area (Å²) in [6.07, 6.45) is 0.897. The van der Waals surface area contributed by atoms with Crippen LogP contribution in [0.5, 0.6) is 5.75 Å². The Balaban J connectivity index is 1.45. The minimum atomic E-state index is -0.152. The number of benzene rings is 2. The summed E-state index contributed by atoms with van der Waals surface area (Å²) in [5.41, 5.74) is 2.40. The zero-order chi connectivity index (χ0) is 22.8. The van der Waals surface area contributed by atoms with Gasteiger partial charge in [-0.05, 0) is 66.8 Å². The molecule has 0 aliphatic carbocycles. The summed E-state index contributed by atoms with van der Waals surface area (Å²) in [5, 5.41) is 3.13. The van der Waals surface area contributed by atoms with Crippen molar-refractivity contribution in [2.75, 3.05) is 18.9 Å². The van der Waals surface area contributed by atoms with Crippen molar-refractivity contribution in [2.45, 2.75) is 25.0 Å². The van der Waals surface area contributed by atoms with E-state index >= 15 is 0 Å². The van der Waals surface area contributed by atoms with Gasteiger partial charge in [-0.3, -0.25) is 14.2 Å². The van der Waals surface area contributed by atoms with Crippen molar-refractivity contribution < 1.29 is 9.53 Å². The Bertz CT molecular complexity index is 1360. The van der Waals surface area contributed by atoms with E-state index in [2.05, 4.69) is 11.4 Å². The van der Waals surface area contributed by atoms with Gasteiger partial charge in [-0.15, -0.1) is 11.3 Å². The van der Waals surface area contributed by atoms with Gasteiger partial charge >= 0.3 is 0 Å². The van der Waals surface area contributed by atoms with Crippen molar-refractivity contribution in [2.24, 2.45) is 0 Å². The molecule has 4 aromatic rings. The maximum absolute atomic E-state index is 13.4. The molecular formula is C25H23N3O3S2. The second-order valence-electron chi connectivity index (χ2n) is 7.70. The van der Waals surface area contributed by atoms with Gasteiger partial charge in [0.15, 0.2) is 5.16 Å². The number of thioether (sulfide) groups is 1. The highest BCUT2D eigenvalue weighted by molar-refractivity contribution is 7.99. The van der Waals surface area contributed by atoms with Gasteiger partial charge in [-0.1, -0.05) is 23.9 Å². The third-order valence-corrected chi connectivity index (χ3v) is 7.58. The molecule has 33 heavy (non-hydrogen) atoms. The van der Waals surface area contributed by atoms with Gasteiger partial charge in [-0.2, -0.15) is 0 Å². The topological polar surface area (TPSA) is 64.4 Å². The van der Waals surface area contributed by atoms with Gasteiger partial charge < -0.3 is 9.64 Å². The van der Waals surface area contributed by atoms with E-state index in [1.807, 2.05) is 54.3 Å². The molecule has 0 N–H and O–H groups in total. The summed E-state index contributed by atoms with van der Waals surface area (Å²) < 4.78 is 7.12. The van der Waals surface area contributed by atoms with Crippen molar-refractivity contribution >= 4 is 39.9 Å². The fourth-order valence-electron chi connectivity index (χ4n) is 3.97. The number of thiophene rings is 1. The predicted octanol–water partition coefficient (Wildman–Crippen LogP) is 4.52. The average Bonchev–Trinajstić information content (AvgIpc) is 3.32. The molecule has 1 amide bonds. The van der Waals surface area contributed by atoms with Gasteiger partial charge in [0, 0.05) is 18.0 Å². The minimum absolute atomic E-state index is 0.0532. The molecule has 0 unspecified atom stereocenters. The standard InChI is InChI=1S/C25H23N3O3S2/c1-2-31-19-9-7-18(8-10-19)28-24(30)20-5-3-4-6-21(20)26-25(28)33-16-23(29)27-13-11-22-17(15-27)12-14-32-22/h3-10,12,14H,2,11,13,15-16H2,1H3. The molecule has 6 nitrogen and oxygen atoms in total. The molecule has 5 rings (SSSR count). The second kappa shape index (κ2) is 9.41. The third kappa shape index (κ3) is 4.41. The Morgan fingerprint density at radius 1 is 1.15 bits per heavy atom. The summed E-state index contributed by atoms with van der Waals surface area (Å²) in [6, 6.07) is 16.8. The number of aromatic nitrogens is 2. The second-order valence-corrected chi connectivity index (χ2v) is 9.65. The first-order valence-electron chi connectivity index (χ1n) is 10.8. The molecule has 1 aliphatic heterocycles. The van der Waals surface area contributed by atoms with E-state index in [0.29, 0.717) is 34.9 Å². The number of ether oxygens (including phenoxy) is 1. The van der Waals surface area contributed by atoms with E-state index in [4.69, 9.17) is 9.72 Å². The van der Waals surface area contributed by atoms with Crippen LogP contribution in [0.1, 0.15) is 17.4 Å². The van der Waals surface area contributed by atoms with E-state index in [9.17, 15) is 9.59 Å². The van der Waals surface area contributed by atoms with Crippen LogP contribution >= 0.6 is 23.1 Å². The number of nitrogens with zero attached hydrogens (tertiary/aromatic N) is 3. The number of carbonyl (C=O) groups is 1. The molecule has 2 aromatic carbocycles. The van der Waals surface area contributed by atoms with Crippen molar-refractivity contribution in [1.82, 2.24) is 14.5 Å². The number of hydrogen-bond acceptors (Lipinski definition) is 6. The Labute approximate surface area is 199 Å². The molecule has 0 fully saturated rings. The average molecular weight is 478 g/mol. The Hall–Kier alpha value is -3.10. The van der Waals surface area contributed by atoms with E-state index in [1.165, 1.54) is 22.2 Å². The van der Waals surface area contributed by atoms with E-state index < -0.39 is 0 Å². The summed E-state index contributed by atoms with van der Waals surface area (Å²) in [4.78, 5) is 34.4. The monoisotopic (exact) mass is 477 g/mol. The van der Waals surface area contributed by atoms with Crippen molar-refractivity contribution in [3.63, 3.8) is 0 Å². The Kier molecular flexibility index (Phi) is 6.20. The van der Waals surface area contributed by atoms with Crippen LogP contribution in [0.2, 0.25) is 0 Å². The summed E-state index contributed by atoms with van der Waals surface area (Å²) in [6.45, 7) is 3.88. The highest BCUT2D eigenvalue weighted by atomic mass is 32.2. The molecule has 0 saturated heterocycles. The number of carbonyl (C=O) groups excluding carboxylic acids is 1. The third-order valence-electron chi connectivity index (χ3n) is 5.64. The van der Waals surface area contributed by atoms with Crippen LogP contribution in [0.4, 0.5) is 0 Å². The largest absolute Gasteiger partial charge is 0.494 e. The number of rotatable bonds is 6. The maximum Gasteiger partial charge on any atom is 0.266 e. The molecule has 1 aliphatic rings. The van der Waals surface area contributed by atoms with Gasteiger partial charge in [-0.25, -0.2) is 4.98 Å². The van der Waals surface area contributed by atoms with Gasteiger partial charge in [0.25, 0.3) is 5.56 Å². The molecule has 0 radical (unpaired) electrons. The van der Waals surface area contributed by atoms with Crippen molar-refractivity contribution in [1.29, 1.82) is 0 Å². The first-order chi connectivity index (χ1) is 16.1. The molecule has 0 saturated carbocycles. The smallest absolute Gasteiger partial charge is 0.266 e. The Morgan fingerprint density at radius 2 is 1.97 bits per heavy atom. The van der Waals surface area contributed by atoms with Gasteiger partial charge in [0.2, 0.25) is 5.91 Å². The number of amides is 1. The Morgan fingerprint density at radius 3 is 2.79 bits per heavy atom.